The Morgan fingerprint density at radius 1 is 1.24 bits per heavy atom. The Morgan fingerprint density at radius 3 is 2.35 bits per heavy atom. The highest BCUT2D eigenvalue weighted by molar-refractivity contribution is 7.90. The van der Waals surface area contributed by atoms with Crippen LogP contribution in [0.2, 0.25) is 0 Å². The molecule has 96 valence electrons. The molecule has 0 aliphatic carbocycles. The highest BCUT2D eigenvalue weighted by Gasteiger charge is 2.16. The average Bonchev–Trinajstić information content (AvgIpc) is 2.28. The number of anilines is 1. The minimum Gasteiger partial charge on any atom is -0.313 e. The first-order valence-electron chi connectivity index (χ1n) is 5.35. The highest BCUT2D eigenvalue weighted by Crippen LogP contribution is 2.23. The molecule has 1 aromatic carbocycles. The molecule has 0 spiro atoms. The van der Waals surface area contributed by atoms with Crippen molar-refractivity contribution in [1.29, 1.82) is 0 Å². The van der Waals surface area contributed by atoms with Crippen molar-refractivity contribution < 1.29 is 8.42 Å². The van der Waals surface area contributed by atoms with E-state index in [1.807, 2.05) is 26.1 Å². The molecule has 1 atom stereocenters. The zero-order valence-corrected chi connectivity index (χ0v) is 11.4. The summed E-state index contributed by atoms with van der Waals surface area (Å²) in [5.74, 6) is 0. The van der Waals surface area contributed by atoms with Gasteiger partial charge in [-0.15, -0.1) is 0 Å². The van der Waals surface area contributed by atoms with Crippen molar-refractivity contribution in [2.45, 2.75) is 13.0 Å². The summed E-state index contributed by atoms with van der Waals surface area (Å²) in [6.07, 6.45) is 0. The molecule has 0 radical (unpaired) electrons. The zero-order chi connectivity index (χ0) is 13.1. The Morgan fingerprint density at radius 2 is 1.82 bits per heavy atom. The molecule has 0 aliphatic heterocycles. The van der Waals surface area contributed by atoms with E-state index >= 15 is 0 Å². The largest absolute Gasteiger partial charge is 0.313 e. The average molecular weight is 257 g/mol. The molecule has 17 heavy (non-hydrogen) atoms. The molecule has 6 heteroatoms. The standard InChI is InChI=1S/C11H19N3O2S/c1-9(12-2)10-7-5-6-8-11(10)13-17(15,16)14(3)4/h5-9,12-13H,1-4H3. The Balaban J connectivity index is 3.07. The SMILES string of the molecule is CNC(C)c1ccccc1NS(=O)(=O)N(C)C. The maximum absolute atomic E-state index is 11.8. The molecule has 0 bridgehead atoms. The molecule has 1 aromatic rings. The maximum Gasteiger partial charge on any atom is 0.301 e. The first-order valence-corrected chi connectivity index (χ1v) is 6.79. The van der Waals surface area contributed by atoms with E-state index in [2.05, 4.69) is 10.0 Å². The summed E-state index contributed by atoms with van der Waals surface area (Å²) in [6, 6.07) is 7.42. The van der Waals surface area contributed by atoms with E-state index in [0.29, 0.717) is 5.69 Å². The fraction of sp³-hybridized carbons (Fsp3) is 0.455. The summed E-state index contributed by atoms with van der Waals surface area (Å²) >= 11 is 0. The van der Waals surface area contributed by atoms with E-state index in [9.17, 15) is 8.42 Å². The van der Waals surface area contributed by atoms with Gasteiger partial charge in [0.2, 0.25) is 0 Å². The lowest BCUT2D eigenvalue weighted by Gasteiger charge is -2.19. The molecule has 0 fully saturated rings. The number of nitrogens with one attached hydrogen (secondary N) is 2. The number of rotatable bonds is 5. The van der Waals surface area contributed by atoms with Gasteiger partial charge in [-0.25, -0.2) is 0 Å². The van der Waals surface area contributed by atoms with Crippen molar-refractivity contribution in [3.63, 3.8) is 0 Å². The molecule has 2 N–H and O–H groups in total. The van der Waals surface area contributed by atoms with Crippen LogP contribution in [0.5, 0.6) is 0 Å². The third-order valence-corrected chi connectivity index (χ3v) is 4.02. The van der Waals surface area contributed by atoms with Crippen LogP contribution in [0.25, 0.3) is 0 Å². The quantitative estimate of drug-likeness (QED) is 0.833. The van der Waals surface area contributed by atoms with E-state index in [0.717, 1.165) is 9.87 Å². The van der Waals surface area contributed by atoms with Crippen LogP contribution in [0.3, 0.4) is 0 Å². The molecule has 0 amide bonds. The van der Waals surface area contributed by atoms with Crippen LogP contribution < -0.4 is 10.0 Å². The lowest BCUT2D eigenvalue weighted by atomic mass is 10.1. The highest BCUT2D eigenvalue weighted by atomic mass is 32.2. The van der Waals surface area contributed by atoms with E-state index in [-0.39, 0.29) is 6.04 Å². The predicted octanol–water partition coefficient (Wildman–Crippen LogP) is 1.19. The van der Waals surface area contributed by atoms with Gasteiger partial charge in [0.1, 0.15) is 0 Å². The first-order chi connectivity index (χ1) is 7.88. The van der Waals surface area contributed by atoms with Crippen molar-refractivity contribution >= 4 is 15.9 Å². The van der Waals surface area contributed by atoms with Gasteiger partial charge in [-0.2, -0.15) is 12.7 Å². The van der Waals surface area contributed by atoms with E-state index < -0.39 is 10.2 Å². The molecule has 1 unspecified atom stereocenters. The molecule has 5 nitrogen and oxygen atoms in total. The molecule has 0 aliphatic rings. The van der Waals surface area contributed by atoms with E-state index in [1.165, 1.54) is 14.1 Å². The third-order valence-electron chi connectivity index (χ3n) is 2.58. The second-order valence-electron chi connectivity index (χ2n) is 3.99. The first kappa shape index (κ1) is 14.0. The van der Waals surface area contributed by atoms with Gasteiger partial charge >= 0.3 is 10.2 Å². The minimum absolute atomic E-state index is 0.0797. The molecule has 0 saturated heterocycles. The number of hydrogen-bond donors (Lipinski definition) is 2. The van der Waals surface area contributed by atoms with Crippen molar-refractivity contribution in [2.75, 3.05) is 25.9 Å². The molecule has 0 aromatic heterocycles. The molecular weight excluding hydrogens is 238 g/mol. The normalized spacial score (nSPS) is 13.7. The van der Waals surface area contributed by atoms with E-state index in [1.54, 1.807) is 12.1 Å². The van der Waals surface area contributed by atoms with Crippen molar-refractivity contribution in [3.05, 3.63) is 29.8 Å². The fourth-order valence-electron chi connectivity index (χ4n) is 1.35. The van der Waals surface area contributed by atoms with Gasteiger partial charge < -0.3 is 5.32 Å². The van der Waals surface area contributed by atoms with Gasteiger partial charge in [-0.3, -0.25) is 4.72 Å². The minimum atomic E-state index is -3.46. The Labute approximate surface area is 103 Å². The van der Waals surface area contributed by atoms with Crippen molar-refractivity contribution in [2.24, 2.45) is 0 Å². The second kappa shape index (κ2) is 5.48. The lowest BCUT2D eigenvalue weighted by molar-refractivity contribution is 0.526. The van der Waals surface area contributed by atoms with Gasteiger partial charge in [0, 0.05) is 20.1 Å². The number of para-hydroxylation sites is 1. The second-order valence-corrected chi connectivity index (χ2v) is 5.87. The van der Waals surface area contributed by atoms with Gasteiger partial charge in [0.05, 0.1) is 5.69 Å². The van der Waals surface area contributed by atoms with Crippen molar-refractivity contribution in [3.8, 4) is 0 Å². The Bertz CT molecular complexity index is 471. The summed E-state index contributed by atoms with van der Waals surface area (Å²) in [5.41, 5.74) is 1.52. The van der Waals surface area contributed by atoms with E-state index in [4.69, 9.17) is 0 Å². The Kier molecular flexibility index (Phi) is 4.50. The number of benzene rings is 1. The van der Waals surface area contributed by atoms with Crippen LogP contribution in [0.4, 0.5) is 5.69 Å². The zero-order valence-electron chi connectivity index (χ0n) is 10.6. The summed E-state index contributed by atoms with van der Waals surface area (Å²) in [7, 11) is 1.36. The third kappa shape index (κ3) is 3.42. The summed E-state index contributed by atoms with van der Waals surface area (Å²) in [6.45, 7) is 1.97. The lowest BCUT2D eigenvalue weighted by Crippen LogP contribution is -2.29. The van der Waals surface area contributed by atoms with Crippen LogP contribution in [-0.4, -0.2) is 33.9 Å². The van der Waals surface area contributed by atoms with Gasteiger partial charge in [-0.1, -0.05) is 18.2 Å². The van der Waals surface area contributed by atoms with Gasteiger partial charge in [0.15, 0.2) is 0 Å². The Hall–Kier alpha value is -1.11. The molecule has 0 heterocycles. The van der Waals surface area contributed by atoms with Crippen LogP contribution in [-0.2, 0) is 10.2 Å². The van der Waals surface area contributed by atoms with Gasteiger partial charge in [0.25, 0.3) is 0 Å². The van der Waals surface area contributed by atoms with Crippen molar-refractivity contribution in [1.82, 2.24) is 9.62 Å². The smallest absolute Gasteiger partial charge is 0.301 e. The topological polar surface area (TPSA) is 61.4 Å². The molecule has 1 rings (SSSR count). The van der Waals surface area contributed by atoms with Crippen LogP contribution in [0.1, 0.15) is 18.5 Å². The molecular formula is C11H19N3O2S. The van der Waals surface area contributed by atoms with Crippen LogP contribution in [0, 0.1) is 0 Å². The summed E-state index contributed by atoms with van der Waals surface area (Å²) in [5, 5.41) is 3.09. The summed E-state index contributed by atoms with van der Waals surface area (Å²) in [4.78, 5) is 0. The van der Waals surface area contributed by atoms with Crippen LogP contribution >= 0.6 is 0 Å². The summed E-state index contributed by atoms with van der Waals surface area (Å²) < 4.78 is 27.2. The maximum atomic E-state index is 11.8. The molecule has 0 saturated carbocycles. The monoisotopic (exact) mass is 257 g/mol. The number of hydrogen-bond acceptors (Lipinski definition) is 3. The fourth-order valence-corrected chi connectivity index (χ4v) is 2.00. The van der Waals surface area contributed by atoms with Crippen LogP contribution in [0.15, 0.2) is 24.3 Å². The van der Waals surface area contributed by atoms with Gasteiger partial charge in [-0.05, 0) is 25.6 Å². The number of nitrogens with zero attached hydrogens (tertiary/aromatic N) is 1. The predicted molar refractivity (Wildman–Crippen MR) is 70.1 cm³/mol.